The third-order valence-electron chi connectivity index (χ3n) is 1.86. The Kier molecular flexibility index (Phi) is 3.31. The van der Waals surface area contributed by atoms with Crippen molar-refractivity contribution in [3.05, 3.63) is 12.2 Å². The van der Waals surface area contributed by atoms with Crippen LogP contribution in [0.15, 0.2) is 22.1 Å². The highest BCUT2D eigenvalue weighted by Gasteiger charge is 2.08. The van der Waals surface area contributed by atoms with E-state index in [1.54, 1.807) is 0 Å². The molecule has 0 saturated carbocycles. The summed E-state index contributed by atoms with van der Waals surface area (Å²) in [5, 5.41) is 0. The zero-order valence-electron chi connectivity index (χ0n) is 7.48. The third-order valence-corrected chi connectivity index (χ3v) is 1.86. The summed E-state index contributed by atoms with van der Waals surface area (Å²) < 4.78 is 0. The first-order valence-electron chi connectivity index (χ1n) is 4.23. The second-order valence-electron chi connectivity index (χ2n) is 3.04. The number of nitrogens with two attached hydrogens (primary N) is 3. The van der Waals surface area contributed by atoms with Crippen molar-refractivity contribution < 1.29 is 0 Å². The van der Waals surface area contributed by atoms with Crippen LogP contribution in [0.5, 0.6) is 0 Å². The minimum atomic E-state index is -0.0502. The Morgan fingerprint density at radius 1 is 1.23 bits per heavy atom. The molecule has 72 valence electrons. The van der Waals surface area contributed by atoms with Crippen LogP contribution >= 0.6 is 0 Å². The number of allylic oxidation sites excluding steroid dienone is 2. The standard InChI is InChI=1S/C8H15N5/c9-7(10)13-8(11)12-5-6-3-1-2-4-6/h1-2,6H,3-5H2,(H6,9,10,11,12,13). The fourth-order valence-electron chi connectivity index (χ4n) is 1.21. The summed E-state index contributed by atoms with van der Waals surface area (Å²) in [4.78, 5) is 7.67. The SMILES string of the molecule is NC(N)=NC(N)=NCC1CC=CC1. The summed E-state index contributed by atoms with van der Waals surface area (Å²) in [7, 11) is 0. The van der Waals surface area contributed by atoms with Gasteiger partial charge in [0.2, 0.25) is 5.96 Å². The molecule has 0 heterocycles. The molecule has 0 aromatic heterocycles. The highest BCUT2D eigenvalue weighted by atomic mass is 15.1. The fraction of sp³-hybridized carbons (Fsp3) is 0.500. The monoisotopic (exact) mass is 181 g/mol. The fourth-order valence-corrected chi connectivity index (χ4v) is 1.21. The van der Waals surface area contributed by atoms with Gasteiger partial charge in [-0.3, -0.25) is 4.99 Å². The van der Waals surface area contributed by atoms with Gasteiger partial charge in [0.05, 0.1) is 0 Å². The van der Waals surface area contributed by atoms with Gasteiger partial charge < -0.3 is 17.2 Å². The van der Waals surface area contributed by atoms with E-state index in [1.165, 1.54) is 0 Å². The predicted molar refractivity (Wildman–Crippen MR) is 54.2 cm³/mol. The van der Waals surface area contributed by atoms with Crippen molar-refractivity contribution in [2.75, 3.05) is 6.54 Å². The van der Waals surface area contributed by atoms with Gasteiger partial charge >= 0.3 is 0 Å². The van der Waals surface area contributed by atoms with Gasteiger partial charge in [-0.1, -0.05) is 12.2 Å². The molecule has 1 aliphatic carbocycles. The Labute approximate surface area is 77.4 Å². The number of aliphatic imine (C=N–C) groups is 2. The van der Waals surface area contributed by atoms with Crippen molar-refractivity contribution in [1.82, 2.24) is 0 Å². The number of nitrogens with zero attached hydrogens (tertiary/aromatic N) is 2. The van der Waals surface area contributed by atoms with Crippen LogP contribution < -0.4 is 17.2 Å². The average molecular weight is 181 g/mol. The molecular weight excluding hydrogens is 166 g/mol. The molecule has 0 bridgehead atoms. The van der Waals surface area contributed by atoms with Crippen LogP contribution in [0.2, 0.25) is 0 Å². The molecule has 0 saturated heterocycles. The average Bonchev–Trinajstić information content (AvgIpc) is 2.51. The quantitative estimate of drug-likeness (QED) is 0.305. The van der Waals surface area contributed by atoms with Crippen molar-refractivity contribution in [1.29, 1.82) is 0 Å². The van der Waals surface area contributed by atoms with E-state index < -0.39 is 0 Å². The predicted octanol–water partition coefficient (Wildman–Crippen LogP) is -0.459. The lowest BCUT2D eigenvalue weighted by molar-refractivity contribution is 0.584. The molecule has 0 aliphatic heterocycles. The van der Waals surface area contributed by atoms with E-state index in [2.05, 4.69) is 22.1 Å². The molecule has 5 heteroatoms. The molecule has 0 radical (unpaired) electrons. The van der Waals surface area contributed by atoms with Gasteiger partial charge in [0.25, 0.3) is 0 Å². The number of rotatable bonds is 2. The van der Waals surface area contributed by atoms with Crippen LogP contribution in [0.25, 0.3) is 0 Å². The second-order valence-corrected chi connectivity index (χ2v) is 3.04. The molecule has 13 heavy (non-hydrogen) atoms. The first kappa shape index (κ1) is 9.57. The van der Waals surface area contributed by atoms with E-state index >= 15 is 0 Å². The maximum atomic E-state index is 5.43. The highest BCUT2D eigenvalue weighted by molar-refractivity contribution is 5.92. The molecular formula is C8H15N5. The molecule has 0 fully saturated rings. The lowest BCUT2D eigenvalue weighted by Crippen LogP contribution is -2.26. The zero-order valence-corrected chi connectivity index (χ0v) is 7.48. The largest absolute Gasteiger partial charge is 0.370 e. The van der Waals surface area contributed by atoms with Crippen molar-refractivity contribution in [2.45, 2.75) is 12.8 Å². The minimum Gasteiger partial charge on any atom is -0.370 e. The van der Waals surface area contributed by atoms with Crippen LogP contribution in [0.4, 0.5) is 0 Å². The lowest BCUT2D eigenvalue weighted by atomic mass is 10.1. The van der Waals surface area contributed by atoms with Crippen molar-refractivity contribution in [3.63, 3.8) is 0 Å². The molecule has 0 amide bonds. The van der Waals surface area contributed by atoms with Gasteiger partial charge in [0, 0.05) is 6.54 Å². The lowest BCUT2D eigenvalue weighted by Gasteiger charge is -2.03. The summed E-state index contributed by atoms with van der Waals surface area (Å²) in [6.45, 7) is 0.690. The molecule has 0 atom stereocenters. The molecule has 1 aliphatic rings. The third kappa shape index (κ3) is 3.59. The topological polar surface area (TPSA) is 103 Å². The summed E-state index contributed by atoms with van der Waals surface area (Å²) in [5.41, 5.74) is 15.7. The molecule has 0 aromatic rings. The van der Waals surface area contributed by atoms with Crippen LogP contribution in [-0.2, 0) is 0 Å². The second kappa shape index (κ2) is 4.49. The van der Waals surface area contributed by atoms with Gasteiger partial charge in [-0.05, 0) is 18.8 Å². The van der Waals surface area contributed by atoms with E-state index in [9.17, 15) is 0 Å². The molecule has 0 unspecified atom stereocenters. The summed E-state index contributed by atoms with van der Waals surface area (Å²) in [6, 6.07) is 0. The molecule has 5 nitrogen and oxygen atoms in total. The van der Waals surface area contributed by atoms with E-state index in [-0.39, 0.29) is 11.9 Å². The molecule has 0 aromatic carbocycles. The minimum absolute atomic E-state index is 0.0502. The Morgan fingerprint density at radius 2 is 1.85 bits per heavy atom. The molecule has 6 N–H and O–H groups in total. The normalized spacial score (nSPS) is 17.7. The van der Waals surface area contributed by atoms with Gasteiger partial charge in [-0.2, -0.15) is 4.99 Å². The number of hydrogen-bond donors (Lipinski definition) is 3. The number of guanidine groups is 2. The molecule has 1 rings (SSSR count). The van der Waals surface area contributed by atoms with E-state index in [1.807, 2.05) is 0 Å². The van der Waals surface area contributed by atoms with Gasteiger partial charge in [0.1, 0.15) is 0 Å². The van der Waals surface area contributed by atoms with Crippen LogP contribution in [-0.4, -0.2) is 18.5 Å². The van der Waals surface area contributed by atoms with Crippen molar-refractivity contribution >= 4 is 11.9 Å². The Hall–Kier alpha value is -1.52. The zero-order chi connectivity index (χ0) is 9.68. The molecule has 0 spiro atoms. The van der Waals surface area contributed by atoms with E-state index in [0.29, 0.717) is 12.5 Å². The number of hydrogen-bond acceptors (Lipinski definition) is 1. The van der Waals surface area contributed by atoms with Crippen molar-refractivity contribution in [3.8, 4) is 0 Å². The highest BCUT2D eigenvalue weighted by Crippen LogP contribution is 2.17. The van der Waals surface area contributed by atoms with Gasteiger partial charge in [0.15, 0.2) is 5.96 Å². The summed E-state index contributed by atoms with van der Waals surface area (Å²) in [5.74, 6) is 0.672. The summed E-state index contributed by atoms with van der Waals surface area (Å²) >= 11 is 0. The van der Waals surface area contributed by atoms with Crippen LogP contribution in [0.1, 0.15) is 12.8 Å². The Balaban J connectivity index is 2.34. The maximum absolute atomic E-state index is 5.43. The Morgan fingerprint density at radius 3 is 2.38 bits per heavy atom. The maximum Gasteiger partial charge on any atom is 0.218 e. The first-order chi connectivity index (χ1) is 6.18. The smallest absolute Gasteiger partial charge is 0.218 e. The van der Waals surface area contributed by atoms with Gasteiger partial charge in [-0.15, -0.1) is 0 Å². The first-order valence-corrected chi connectivity index (χ1v) is 4.23. The van der Waals surface area contributed by atoms with Crippen LogP contribution in [0.3, 0.4) is 0 Å². The summed E-state index contributed by atoms with van der Waals surface area (Å²) in [6.07, 6.45) is 6.44. The van der Waals surface area contributed by atoms with Crippen LogP contribution in [0, 0.1) is 5.92 Å². The Bertz CT molecular complexity index is 241. The van der Waals surface area contributed by atoms with E-state index in [0.717, 1.165) is 12.8 Å². The van der Waals surface area contributed by atoms with Crippen molar-refractivity contribution in [2.24, 2.45) is 33.1 Å². The van der Waals surface area contributed by atoms with E-state index in [4.69, 9.17) is 17.2 Å². The van der Waals surface area contributed by atoms with Gasteiger partial charge in [-0.25, -0.2) is 0 Å².